The van der Waals surface area contributed by atoms with Crippen molar-refractivity contribution in [3.05, 3.63) is 35.4 Å². The van der Waals surface area contributed by atoms with Crippen LogP contribution in [0.15, 0.2) is 24.3 Å². The predicted octanol–water partition coefficient (Wildman–Crippen LogP) is 2.25. The van der Waals surface area contributed by atoms with Crippen LogP contribution < -0.4 is 0 Å². The van der Waals surface area contributed by atoms with E-state index in [-0.39, 0.29) is 17.7 Å². The number of hydrogen-bond acceptors (Lipinski definition) is 2. The molecule has 2 amide bonds. The van der Waals surface area contributed by atoms with Crippen molar-refractivity contribution in [2.45, 2.75) is 20.8 Å². The number of benzene rings is 1. The minimum absolute atomic E-state index is 0.161. The summed E-state index contributed by atoms with van der Waals surface area (Å²) in [5, 5.41) is 0. The maximum Gasteiger partial charge on any atom is 0.260 e. The molecule has 0 unspecified atom stereocenters. The quantitative estimate of drug-likeness (QED) is 0.765. The van der Waals surface area contributed by atoms with Crippen molar-refractivity contribution in [1.82, 2.24) is 4.90 Å². The lowest BCUT2D eigenvalue weighted by Gasteiger charge is -2.17. The number of rotatable bonds is 2. The van der Waals surface area contributed by atoms with Crippen molar-refractivity contribution in [1.29, 1.82) is 0 Å². The Kier molecular flexibility index (Phi) is 3.82. The summed E-state index contributed by atoms with van der Waals surface area (Å²) in [7, 11) is 1.52. The number of imide groups is 1. The molecule has 0 atom stereocenters. The van der Waals surface area contributed by atoms with Crippen molar-refractivity contribution < 1.29 is 9.59 Å². The van der Waals surface area contributed by atoms with Gasteiger partial charge in [0.25, 0.3) is 5.91 Å². The first-order valence-corrected chi connectivity index (χ1v) is 5.32. The fraction of sp³-hybridized carbons (Fsp3) is 0.385. The molecule has 0 aliphatic rings. The minimum atomic E-state index is -0.248. The van der Waals surface area contributed by atoms with Crippen LogP contribution in [0.4, 0.5) is 0 Å². The summed E-state index contributed by atoms with van der Waals surface area (Å²) in [6.07, 6.45) is 0. The van der Waals surface area contributed by atoms with Crippen LogP contribution in [0.2, 0.25) is 0 Å². The monoisotopic (exact) mass is 219 g/mol. The molecule has 0 aliphatic carbocycles. The minimum Gasteiger partial charge on any atom is -0.281 e. The average molecular weight is 219 g/mol. The summed E-state index contributed by atoms with van der Waals surface area (Å²) in [6.45, 7) is 5.48. The largest absolute Gasteiger partial charge is 0.281 e. The van der Waals surface area contributed by atoms with Crippen LogP contribution >= 0.6 is 0 Å². The topological polar surface area (TPSA) is 37.4 Å². The SMILES string of the molecule is Cc1cccc(C(=O)N(C)C(=O)C(C)C)c1. The molecule has 0 bridgehead atoms. The van der Waals surface area contributed by atoms with E-state index in [1.165, 1.54) is 11.9 Å². The third-order valence-corrected chi connectivity index (χ3v) is 2.39. The third kappa shape index (κ3) is 2.69. The zero-order valence-electron chi connectivity index (χ0n) is 10.2. The second-order valence-electron chi connectivity index (χ2n) is 4.23. The molecule has 16 heavy (non-hydrogen) atoms. The number of amides is 2. The number of nitrogens with zero attached hydrogens (tertiary/aromatic N) is 1. The molecule has 3 nitrogen and oxygen atoms in total. The molecule has 0 aromatic heterocycles. The Balaban J connectivity index is 2.90. The van der Waals surface area contributed by atoms with E-state index in [1.807, 2.05) is 19.1 Å². The van der Waals surface area contributed by atoms with Gasteiger partial charge in [-0.2, -0.15) is 0 Å². The maximum atomic E-state index is 11.9. The second kappa shape index (κ2) is 4.92. The standard InChI is InChI=1S/C13H17NO2/c1-9(2)12(15)14(4)13(16)11-7-5-6-10(3)8-11/h5-9H,1-4H3. The van der Waals surface area contributed by atoms with Gasteiger partial charge >= 0.3 is 0 Å². The predicted molar refractivity (Wildman–Crippen MR) is 63.1 cm³/mol. The van der Waals surface area contributed by atoms with Gasteiger partial charge in [0.1, 0.15) is 0 Å². The second-order valence-corrected chi connectivity index (χ2v) is 4.23. The highest BCUT2D eigenvalue weighted by molar-refractivity contribution is 6.04. The Morgan fingerprint density at radius 1 is 1.25 bits per heavy atom. The van der Waals surface area contributed by atoms with Crippen LogP contribution in [-0.2, 0) is 4.79 Å². The first kappa shape index (κ1) is 12.4. The summed E-state index contributed by atoms with van der Waals surface area (Å²) in [5.41, 5.74) is 1.56. The van der Waals surface area contributed by atoms with E-state index in [0.29, 0.717) is 5.56 Å². The molecule has 0 N–H and O–H groups in total. The normalized spacial score (nSPS) is 10.3. The highest BCUT2D eigenvalue weighted by Gasteiger charge is 2.20. The van der Waals surface area contributed by atoms with Crippen LogP contribution in [0.5, 0.6) is 0 Å². The molecule has 0 fully saturated rings. The van der Waals surface area contributed by atoms with E-state index in [2.05, 4.69) is 0 Å². The number of carbonyl (C=O) groups excluding carboxylic acids is 2. The summed E-state index contributed by atoms with van der Waals surface area (Å²) in [6, 6.07) is 7.24. The van der Waals surface area contributed by atoms with E-state index >= 15 is 0 Å². The fourth-order valence-electron chi connectivity index (χ4n) is 1.46. The van der Waals surface area contributed by atoms with E-state index in [1.54, 1.807) is 26.0 Å². The highest BCUT2D eigenvalue weighted by atomic mass is 16.2. The molecule has 0 saturated carbocycles. The number of aryl methyl sites for hydroxylation is 1. The zero-order chi connectivity index (χ0) is 12.3. The lowest BCUT2D eigenvalue weighted by molar-refractivity contribution is -0.130. The molecule has 0 radical (unpaired) electrons. The van der Waals surface area contributed by atoms with Gasteiger partial charge in [0.2, 0.25) is 5.91 Å². The fourth-order valence-corrected chi connectivity index (χ4v) is 1.46. The van der Waals surface area contributed by atoms with Gasteiger partial charge in [-0.15, -0.1) is 0 Å². The smallest absolute Gasteiger partial charge is 0.260 e. The van der Waals surface area contributed by atoms with Crippen molar-refractivity contribution in [2.24, 2.45) is 5.92 Å². The van der Waals surface area contributed by atoms with Crippen LogP contribution in [0.25, 0.3) is 0 Å². The van der Waals surface area contributed by atoms with Gasteiger partial charge in [-0.05, 0) is 19.1 Å². The number of carbonyl (C=O) groups is 2. The summed E-state index contributed by atoms with van der Waals surface area (Å²) in [5.74, 6) is -0.576. The van der Waals surface area contributed by atoms with E-state index < -0.39 is 0 Å². The number of hydrogen-bond donors (Lipinski definition) is 0. The van der Waals surface area contributed by atoms with Gasteiger partial charge in [-0.1, -0.05) is 31.5 Å². The molecule has 0 aliphatic heterocycles. The van der Waals surface area contributed by atoms with Crippen LogP contribution in [-0.4, -0.2) is 23.8 Å². The average Bonchev–Trinajstić information content (AvgIpc) is 2.26. The van der Waals surface area contributed by atoms with E-state index in [4.69, 9.17) is 0 Å². The van der Waals surface area contributed by atoms with Crippen molar-refractivity contribution in [2.75, 3.05) is 7.05 Å². The van der Waals surface area contributed by atoms with Gasteiger partial charge in [0, 0.05) is 18.5 Å². The van der Waals surface area contributed by atoms with Crippen LogP contribution in [0, 0.1) is 12.8 Å². The lowest BCUT2D eigenvalue weighted by Crippen LogP contribution is -2.36. The first-order valence-electron chi connectivity index (χ1n) is 5.32. The molecule has 86 valence electrons. The Hall–Kier alpha value is -1.64. The lowest BCUT2D eigenvalue weighted by atomic mass is 10.1. The zero-order valence-corrected chi connectivity index (χ0v) is 10.2. The first-order chi connectivity index (χ1) is 7.43. The van der Waals surface area contributed by atoms with Crippen molar-refractivity contribution in [3.63, 3.8) is 0 Å². The molecule has 0 heterocycles. The summed E-state index contributed by atoms with van der Waals surface area (Å²) < 4.78 is 0. The Morgan fingerprint density at radius 2 is 1.88 bits per heavy atom. The summed E-state index contributed by atoms with van der Waals surface area (Å²) in [4.78, 5) is 24.8. The van der Waals surface area contributed by atoms with Gasteiger partial charge in [0.05, 0.1) is 0 Å². The van der Waals surface area contributed by atoms with Crippen LogP contribution in [0.3, 0.4) is 0 Å². The molecular formula is C13H17NO2. The molecule has 3 heteroatoms. The van der Waals surface area contributed by atoms with Gasteiger partial charge in [-0.25, -0.2) is 0 Å². The maximum absolute atomic E-state index is 11.9. The Morgan fingerprint density at radius 3 is 2.38 bits per heavy atom. The van der Waals surface area contributed by atoms with Crippen molar-refractivity contribution >= 4 is 11.8 Å². The molecule has 1 rings (SSSR count). The van der Waals surface area contributed by atoms with Gasteiger partial charge < -0.3 is 0 Å². The highest BCUT2D eigenvalue weighted by Crippen LogP contribution is 2.09. The third-order valence-electron chi connectivity index (χ3n) is 2.39. The van der Waals surface area contributed by atoms with Crippen LogP contribution in [0.1, 0.15) is 29.8 Å². The summed E-state index contributed by atoms with van der Waals surface area (Å²) >= 11 is 0. The molecular weight excluding hydrogens is 202 g/mol. The Labute approximate surface area is 96.1 Å². The van der Waals surface area contributed by atoms with E-state index in [9.17, 15) is 9.59 Å². The van der Waals surface area contributed by atoms with Crippen molar-refractivity contribution in [3.8, 4) is 0 Å². The molecule has 0 spiro atoms. The molecule has 1 aromatic rings. The van der Waals surface area contributed by atoms with E-state index in [0.717, 1.165) is 5.56 Å². The molecule has 0 saturated heterocycles. The van der Waals surface area contributed by atoms with Gasteiger partial charge in [-0.3, -0.25) is 14.5 Å². The molecule has 1 aromatic carbocycles. The van der Waals surface area contributed by atoms with Gasteiger partial charge in [0.15, 0.2) is 0 Å². The Bertz CT molecular complexity index is 410.